The molecule has 0 aromatic heterocycles. The summed E-state index contributed by atoms with van der Waals surface area (Å²) in [6, 6.07) is 5.96. The van der Waals surface area contributed by atoms with Crippen LogP contribution in [0.1, 0.15) is 5.56 Å². The molecule has 1 fully saturated rings. The number of benzene rings is 1. The standard InChI is InChI=1S/C12H7ClN2O3S2/c13-8(6-10-11(19)14-12(16)20-10)5-7-1-3-9(4-2-7)15(17)18/h1-6H,(H,14,16,19). The van der Waals surface area contributed by atoms with Crippen molar-refractivity contribution >= 4 is 57.6 Å². The number of non-ortho nitro benzene ring substituents is 1. The molecule has 1 aromatic rings. The monoisotopic (exact) mass is 326 g/mol. The highest BCUT2D eigenvalue weighted by atomic mass is 35.5. The van der Waals surface area contributed by atoms with E-state index in [9.17, 15) is 14.9 Å². The number of thiocarbonyl (C=S) groups is 1. The average molecular weight is 327 g/mol. The lowest BCUT2D eigenvalue weighted by Gasteiger charge is -1.96. The molecule has 102 valence electrons. The molecule has 1 aliphatic heterocycles. The summed E-state index contributed by atoms with van der Waals surface area (Å²) in [6.07, 6.45) is 3.21. The molecule has 0 bridgehead atoms. The molecule has 8 heteroatoms. The molecule has 0 unspecified atom stereocenters. The van der Waals surface area contributed by atoms with Gasteiger partial charge in [-0.25, -0.2) is 0 Å². The van der Waals surface area contributed by atoms with Gasteiger partial charge in [-0.1, -0.05) is 23.8 Å². The maximum atomic E-state index is 11.1. The molecular formula is C12H7ClN2O3S2. The first kappa shape index (κ1) is 14.7. The summed E-state index contributed by atoms with van der Waals surface area (Å²) < 4.78 is 0. The van der Waals surface area contributed by atoms with Gasteiger partial charge in [-0.15, -0.1) is 0 Å². The number of nitro benzene ring substituents is 1. The zero-order chi connectivity index (χ0) is 14.7. The van der Waals surface area contributed by atoms with Crippen molar-refractivity contribution in [1.82, 2.24) is 5.32 Å². The molecule has 1 aliphatic rings. The highest BCUT2D eigenvalue weighted by Gasteiger charge is 2.21. The third kappa shape index (κ3) is 3.66. The Morgan fingerprint density at radius 3 is 2.55 bits per heavy atom. The minimum absolute atomic E-state index is 0.0129. The molecule has 0 saturated carbocycles. The predicted octanol–water partition coefficient (Wildman–Crippen LogP) is 3.84. The fourth-order valence-corrected chi connectivity index (χ4v) is 2.76. The van der Waals surface area contributed by atoms with Crippen LogP contribution in [0.4, 0.5) is 10.5 Å². The van der Waals surface area contributed by atoms with Crippen LogP contribution >= 0.6 is 35.6 Å². The Morgan fingerprint density at radius 2 is 2.05 bits per heavy atom. The van der Waals surface area contributed by atoms with Crippen molar-refractivity contribution in [2.75, 3.05) is 0 Å². The molecule has 2 rings (SSSR count). The van der Waals surface area contributed by atoms with Crippen LogP contribution in [-0.4, -0.2) is 15.2 Å². The van der Waals surface area contributed by atoms with E-state index in [0.717, 1.165) is 11.8 Å². The number of carbonyl (C=O) groups is 1. The number of rotatable bonds is 3. The summed E-state index contributed by atoms with van der Waals surface area (Å²) in [5.74, 6) is 0. The first-order valence-corrected chi connectivity index (χ1v) is 6.92. The van der Waals surface area contributed by atoms with E-state index in [1.165, 1.54) is 12.1 Å². The van der Waals surface area contributed by atoms with Gasteiger partial charge >= 0.3 is 0 Å². The Balaban J connectivity index is 2.18. The molecule has 1 saturated heterocycles. The van der Waals surface area contributed by atoms with Gasteiger partial charge in [-0.2, -0.15) is 0 Å². The first-order valence-electron chi connectivity index (χ1n) is 5.32. The van der Waals surface area contributed by atoms with Gasteiger partial charge in [-0.3, -0.25) is 14.9 Å². The number of allylic oxidation sites excluding steroid dienone is 2. The van der Waals surface area contributed by atoms with Crippen LogP contribution in [0, 0.1) is 10.1 Å². The van der Waals surface area contributed by atoms with Crippen molar-refractivity contribution in [3.63, 3.8) is 0 Å². The van der Waals surface area contributed by atoms with Crippen LogP contribution in [0.5, 0.6) is 0 Å². The van der Waals surface area contributed by atoms with Crippen LogP contribution in [0.25, 0.3) is 6.08 Å². The largest absolute Gasteiger partial charge is 0.307 e. The molecule has 1 N–H and O–H groups in total. The van der Waals surface area contributed by atoms with Crippen molar-refractivity contribution in [1.29, 1.82) is 0 Å². The normalized spacial score (nSPS) is 17.4. The maximum absolute atomic E-state index is 11.1. The molecule has 1 amide bonds. The van der Waals surface area contributed by atoms with Gasteiger partial charge in [0.1, 0.15) is 4.99 Å². The highest BCUT2D eigenvalue weighted by molar-refractivity contribution is 8.19. The lowest BCUT2D eigenvalue weighted by atomic mass is 10.2. The number of hydrogen-bond donors (Lipinski definition) is 1. The second-order valence-electron chi connectivity index (χ2n) is 3.73. The smallest absolute Gasteiger partial charge is 0.289 e. The molecule has 0 spiro atoms. The van der Waals surface area contributed by atoms with E-state index in [0.29, 0.717) is 20.5 Å². The number of carbonyl (C=O) groups excluding carboxylic acids is 1. The third-order valence-corrected chi connectivity index (χ3v) is 3.82. The average Bonchev–Trinajstić information content (AvgIpc) is 2.68. The van der Waals surface area contributed by atoms with Crippen molar-refractivity contribution in [3.05, 3.63) is 56.0 Å². The topological polar surface area (TPSA) is 72.2 Å². The number of amides is 1. The van der Waals surface area contributed by atoms with Crippen molar-refractivity contribution < 1.29 is 9.72 Å². The summed E-state index contributed by atoms with van der Waals surface area (Å²) in [6.45, 7) is 0. The van der Waals surface area contributed by atoms with E-state index >= 15 is 0 Å². The SMILES string of the molecule is O=C1NC(=S)C(=CC(Cl)=Cc2ccc([N+](=O)[O-])cc2)S1. The van der Waals surface area contributed by atoms with Gasteiger partial charge in [0.25, 0.3) is 10.9 Å². The molecule has 20 heavy (non-hydrogen) atoms. The lowest BCUT2D eigenvalue weighted by Crippen LogP contribution is -2.15. The van der Waals surface area contributed by atoms with Gasteiger partial charge in [-0.05, 0) is 41.6 Å². The van der Waals surface area contributed by atoms with Gasteiger partial charge in [0, 0.05) is 17.2 Å². The molecule has 1 heterocycles. The maximum Gasteiger partial charge on any atom is 0.289 e. The Morgan fingerprint density at radius 1 is 1.40 bits per heavy atom. The zero-order valence-corrected chi connectivity index (χ0v) is 12.2. The third-order valence-electron chi connectivity index (χ3n) is 2.32. The van der Waals surface area contributed by atoms with Crippen LogP contribution < -0.4 is 5.32 Å². The fraction of sp³-hybridized carbons (Fsp3) is 0. The molecule has 0 atom stereocenters. The predicted molar refractivity (Wildman–Crippen MR) is 83.7 cm³/mol. The lowest BCUT2D eigenvalue weighted by molar-refractivity contribution is -0.384. The second-order valence-corrected chi connectivity index (χ2v) is 5.59. The highest BCUT2D eigenvalue weighted by Crippen LogP contribution is 2.27. The van der Waals surface area contributed by atoms with Crippen LogP contribution in [0.2, 0.25) is 0 Å². The minimum Gasteiger partial charge on any atom is -0.307 e. The zero-order valence-electron chi connectivity index (χ0n) is 9.83. The van der Waals surface area contributed by atoms with E-state index in [2.05, 4.69) is 5.32 Å². The van der Waals surface area contributed by atoms with E-state index < -0.39 is 4.92 Å². The second kappa shape index (κ2) is 6.17. The number of halogens is 1. The van der Waals surface area contributed by atoms with E-state index in [1.54, 1.807) is 24.3 Å². The van der Waals surface area contributed by atoms with E-state index in [4.69, 9.17) is 23.8 Å². The Bertz CT molecular complexity index is 653. The summed E-state index contributed by atoms with van der Waals surface area (Å²) >= 11 is 12.0. The van der Waals surface area contributed by atoms with Gasteiger partial charge in [0.05, 0.1) is 9.83 Å². The molecule has 0 radical (unpaired) electrons. The molecule has 5 nitrogen and oxygen atoms in total. The molecular weight excluding hydrogens is 320 g/mol. The van der Waals surface area contributed by atoms with Crippen molar-refractivity contribution in [3.8, 4) is 0 Å². The number of nitro groups is 1. The van der Waals surface area contributed by atoms with E-state index in [1.807, 2.05) is 0 Å². The van der Waals surface area contributed by atoms with E-state index in [-0.39, 0.29) is 10.9 Å². The fourth-order valence-electron chi connectivity index (χ4n) is 1.44. The number of nitrogens with zero attached hydrogens (tertiary/aromatic N) is 1. The van der Waals surface area contributed by atoms with Gasteiger partial charge < -0.3 is 5.32 Å². The minimum atomic E-state index is -0.470. The summed E-state index contributed by atoms with van der Waals surface area (Å²) in [5, 5.41) is 13.2. The van der Waals surface area contributed by atoms with Gasteiger partial charge in [0.2, 0.25) is 0 Å². The first-order chi connectivity index (χ1) is 9.45. The van der Waals surface area contributed by atoms with Crippen LogP contribution in [-0.2, 0) is 0 Å². The molecule has 1 aromatic carbocycles. The summed E-state index contributed by atoms with van der Waals surface area (Å²) in [5.41, 5.74) is 0.726. The van der Waals surface area contributed by atoms with Crippen LogP contribution in [0.3, 0.4) is 0 Å². The number of nitrogens with one attached hydrogen (secondary N) is 1. The number of hydrogen-bond acceptors (Lipinski definition) is 5. The Hall–Kier alpha value is -1.70. The van der Waals surface area contributed by atoms with Crippen molar-refractivity contribution in [2.24, 2.45) is 0 Å². The summed E-state index contributed by atoms with van der Waals surface area (Å²) in [7, 11) is 0. The quantitative estimate of drug-likeness (QED) is 0.395. The van der Waals surface area contributed by atoms with Crippen LogP contribution in [0.15, 0.2) is 40.3 Å². The van der Waals surface area contributed by atoms with Gasteiger partial charge in [0.15, 0.2) is 0 Å². The summed E-state index contributed by atoms with van der Waals surface area (Å²) in [4.78, 5) is 22.1. The Labute approximate surface area is 128 Å². The number of thioether (sulfide) groups is 1. The van der Waals surface area contributed by atoms with Crippen molar-refractivity contribution in [2.45, 2.75) is 0 Å². The molecule has 0 aliphatic carbocycles. The Kier molecular flexibility index (Phi) is 4.53.